The Labute approximate surface area is 197 Å². The summed E-state index contributed by atoms with van der Waals surface area (Å²) in [6.45, 7) is 2.03. The second kappa shape index (κ2) is 10.0. The summed E-state index contributed by atoms with van der Waals surface area (Å²) in [5.74, 6) is -0.0414. The lowest BCUT2D eigenvalue weighted by molar-refractivity contribution is 0.0934. The maximum absolute atomic E-state index is 13.0. The molecule has 1 N–H and O–H groups in total. The van der Waals surface area contributed by atoms with Crippen LogP contribution in [0.1, 0.15) is 34.3 Å². The molecule has 0 saturated heterocycles. The number of aromatic nitrogens is 2. The van der Waals surface area contributed by atoms with Crippen LogP contribution in [0.5, 0.6) is 0 Å². The molecule has 1 amide bonds. The van der Waals surface area contributed by atoms with Crippen LogP contribution in [0.3, 0.4) is 0 Å². The van der Waals surface area contributed by atoms with Crippen molar-refractivity contribution in [3.8, 4) is 5.69 Å². The van der Waals surface area contributed by atoms with Gasteiger partial charge in [0.1, 0.15) is 0 Å². The Kier molecular flexibility index (Phi) is 6.93. The lowest BCUT2D eigenvalue weighted by Gasteiger charge is -2.26. The summed E-state index contributed by atoms with van der Waals surface area (Å²) < 4.78 is 1.76. The fourth-order valence-corrected chi connectivity index (χ4v) is 4.00. The molecule has 4 aromatic rings. The molecule has 0 aliphatic heterocycles. The molecule has 3 aromatic carbocycles. The van der Waals surface area contributed by atoms with Crippen molar-refractivity contribution < 1.29 is 4.79 Å². The zero-order valence-corrected chi connectivity index (χ0v) is 19.1. The molecule has 0 aliphatic rings. The van der Waals surface area contributed by atoms with E-state index in [2.05, 4.69) is 10.4 Å². The van der Waals surface area contributed by atoms with Crippen LogP contribution in [0, 0.1) is 0 Å². The first-order valence-electron chi connectivity index (χ1n) is 10.4. The number of benzene rings is 3. The maximum Gasteiger partial charge on any atom is 0.251 e. The van der Waals surface area contributed by atoms with E-state index in [1.54, 1.807) is 10.9 Å². The summed E-state index contributed by atoms with van der Waals surface area (Å²) in [7, 11) is 0. The number of amides is 1. The third kappa shape index (κ3) is 5.39. The molecule has 32 heavy (non-hydrogen) atoms. The molecule has 0 bridgehead atoms. The van der Waals surface area contributed by atoms with Gasteiger partial charge < -0.3 is 5.32 Å². The summed E-state index contributed by atoms with van der Waals surface area (Å²) in [4.78, 5) is 13.0. The Morgan fingerprint density at radius 1 is 0.938 bits per heavy atom. The molecular weight excluding hydrogens is 441 g/mol. The number of hydrogen-bond donors (Lipinski definition) is 1. The molecule has 1 unspecified atom stereocenters. The maximum atomic E-state index is 13.0. The van der Waals surface area contributed by atoms with Crippen molar-refractivity contribution in [3.63, 3.8) is 0 Å². The zero-order valence-electron chi connectivity index (χ0n) is 17.6. The van der Waals surface area contributed by atoms with Gasteiger partial charge in [-0.15, -0.1) is 0 Å². The van der Waals surface area contributed by atoms with Crippen LogP contribution in [0.2, 0.25) is 10.0 Å². The minimum atomic E-state index is -0.111. The van der Waals surface area contributed by atoms with Gasteiger partial charge in [0.05, 0.1) is 5.69 Å². The van der Waals surface area contributed by atoms with Crippen molar-refractivity contribution in [3.05, 3.63) is 118 Å². The third-order valence-electron chi connectivity index (χ3n) is 5.53. The van der Waals surface area contributed by atoms with E-state index in [0.29, 0.717) is 15.6 Å². The predicted molar refractivity (Wildman–Crippen MR) is 130 cm³/mol. The monoisotopic (exact) mass is 463 g/mol. The van der Waals surface area contributed by atoms with E-state index >= 15 is 0 Å². The quantitative estimate of drug-likeness (QED) is 0.348. The van der Waals surface area contributed by atoms with Gasteiger partial charge in [0.25, 0.3) is 5.91 Å². The van der Waals surface area contributed by atoms with Crippen LogP contribution in [0.25, 0.3) is 5.69 Å². The highest BCUT2D eigenvalue weighted by Crippen LogP contribution is 2.27. The van der Waals surface area contributed by atoms with E-state index in [1.807, 2.05) is 92.0 Å². The molecule has 0 fully saturated rings. The predicted octanol–water partition coefficient (Wildman–Crippen LogP) is 6.32. The lowest BCUT2D eigenvalue weighted by atomic mass is 9.86. The van der Waals surface area contributed by atoms with Crippen molar-refractivity contribution in [2.45, 2.75) is 25.3 Å². The van der Waals surface area contributed by atoms with Crippen molar-refractivity contribution in [1.29, 1.82) is 0 Å². The Balaban J connectivity index is 1.52. The first-order valence-corrected chi connectivity index (χ1v) is 11.2. The van der Waals surface area contributed by atoms with E-state index < -0.39 is 0 Å². The molecule has 162 valence electrons. The summed E-state index contributed by atoms with van der Waals surface area (Å²) in [6.07, 6.45) is 4.35. The molecule has 4 nitrogen and oxygen atoms in total. The summed E-state index contributed by atoms with van der Waals surface area (Å²) in [5.41, 5.74) is 3.78. The first-order chi connectivity index (χ1) is 15.5. The highest BCUT2D eigenvalue weighted by atomic mass is 35.5. The minimum Gasteiger partial charge on any atom is -0.349 e. The Morgan fingerprint density at radius 3 is 2.16 bits per heavy atom. The van der Waals surface area contributed by atoms with Crippen LogP contribution in [-0.4, -0.2) is 21.7 Å². The van der Waals surface area contributed by atoms with Gasteiger partial charge in [0, 0.05) is 40.0 Å². The van der Waals surface area contributed by atoms with Crippen molar-refractivity contribution in [2.75, 3.05) is 0 Å². The molecule has 1 aromatic heterocycles. The number of rotatable bonds is 7. The van der Waals surface area contributed by atoms with Crippen LogP contribution in [0.4, 0.5) is 0 Å². The fourth-order valence-electron chi connectivity index (χ4n) is 3.75. The van der Waals surface area contributed by atoms with Crippen LogP contribution in [0.15, 0.2) is 91.3 Å². The number of carbonyl (C=O) groups excluding carboxylic acids is 1. The first kappa shape index (κ1) is 22.1. The summed E-state index contributed by atoms with van der Waals surface area (Å²) in [5, 5.41) is 8.78. The number of nitrogens with zero attached hydrogens (tertiary/aromatic N) is 2. The highest BCUT2D eigenvalue weighted by molar-refractivity contribution is 6.30. The fraction of sp³-hybridized carbons (Fsp3) is 0.154. The minimum absolute atomic E-state index is 0.0701. The number of halogens is 2. The Hall–Kier alpha value is -3.08. The lowest BCUT2D eigenvalue weighted by Crippen LogP contribution is -2.37. The third-order valence-corrected chi connectivity index (χ3v) is 6.03. The Bertz CT molecular complexity index is 1160. The second-order valence-corrected chi connectivity index (χ2v) is 8.62. The normalized spacial score (nSPS) is 12.8. The average molecular weight is 464 g/mol. The molecule has 2 atom stereocenters. The van der Waals surface area contributed by atoms with Crippen molar-refractivity contribution in [2.24, 2.45) is 0 Å². The van der Waals surface area contributed by atoms with E-state index in [0.717, 1.165) is 23.2 Å². The Morgan fingerprint density at radius 2 is 1.56 bits per heavy atom. The molecular formula is C26H23Cl2N3O. The van der Waals surface area contributed by atoms with Crippen LogP contribution >= 0.6 is 23.2 Å². The van der Waals surface area contributed by atoms with E-state index in [4.69, 9.17) is 23.2 Å². The number of nitrogens with one attached hydrogen (secondary N) is 1. The molecule has 6 heteroatoms. The van der Waals surface area contributed by atoms with Gasteiger partial charge >= 0.3 is 0 Å². The molecule has 0 aliphatic carbocycles. The van der Waals surface area contributed by atoms with Gasteiger partial charge in [-0.2, -0.15) is 5.10 Å². The highest BCUT2D eigenvalue weighted by Gasteiger charge is 2.22. The van der Waals surface area contributed by atoms with Gasteiger partial charge in [-0.1, -0.05) is 47.5 Å². The van der Waals surface area contributed by atoms with E-state index in [1.165, 1.54) is 0 Å². The van der Waals surface area contributed by atoms with Gasteiger partial charge in [0.15, 0.2) is 0 Å². The van der Waals surface area contributed by atoms with Gasteiger partial charge in [-0.25, -0.2) is 4.68 Å². The van der Waals surface area contributed by atoms with Gasteiger partial charge in [0.2, 0.25) is 0 Å². The topological polar surface area (TPSA) is 46.9 Å². The molecule has 0 saturated carbocycles. The molecule has 0 spiro atoms. The zero-order chi connectivity index (χ0) is 22.5. The average Bonchev–Trinajstić information content (AvgIpc) is 3.34. The summed E-state index contributed by atoms with van der Waals surface area (Å²) >= 11 is 12.1. The second-order valence-electron chi connectivity index (χ2n) is 7.75. The van der Waals surface area contributed by atoms with Crippen molar-refractivity contribution >= 4 is 29.1 Å². The largest absolute Gasteiger partial charge is 0.349 e. The summed E-state index contributed by atoms with van der Waals surface area (Å²) in [6, 6.07) is 24.8. The number of carbonyl (C=O) groups is 1. The standard InChI is InChI=1S/C26H23Cl2N3O/c1-18(30-26(32)21-7-13-24(14-8-21)31-16-2-15-29-31)25(20-5-11-23(28)12-6-20)17-19-3-9-22(27)10-4-19/h2-16,18,25H,17H2,1H3,(H,30,32)/t18?,25-/m0/s1. The van der Waals surface area contributed by atoms with Crippen molar-refractivity contribution in [1.82, 2.24) is 15.1 Å². The molecule has 4 rings (SSSR count). The van der Waals surface area contributed by atoms with Gasteiger partial charge in [-0.05, 0) is 79.1 Å². The van der Waals surface area contributed by atoms with E-state index in [-0.39, 0.29) is 17.9 Å². The SMILES string of the molecule is CC(NC(=O)c1ccc(-n2cccn2)cc1)[C@H](Cc1ccc(Cl)cc1)c1ccc(Cl)cc1. The molecule has 0 radical (unpaired) electrons. The molecule has 1 heterocycles. The van der Waals surface area contributed by atoms with Crippen LogP contribution in [-0.2, 0) is 6.42 Å². The van der Waals surface area contributed by atoms with Crippen LogP contribution < -0.4 is 5.32 Å². The van der Waals surface area contributed by atoms with E-state index in [9.17, 15) is 4.79 Å². The van der Waals surface area contributed by atoms with Gasteiger partial charge in [-0.3, -0.25) is 4.79 Å². The number of hydrogen-bond acceptors (Lipinski definition) is 2. The smallest absolute Gasteiger partial charge is 0.251 e.